The van der Waals surface area contributed by atoms with Crippen molar-refractivity contribution in [3.8, 4) is 0 Å². The van der Waals surface area contributed by atoms with Crippen LogP contribution in [0.5, 0.6) is 0 Å². The van der Waals surface area contributed by atoms with Crippen LogP contribution < -0.4 is 15.5 Å². The molecule has 1 aromatic carbocycles. The van der Waals surface area contributed by atoms with Crippen molar-refractivity contribution in [2.24, 2.45) is 0 Å². The first-order valence-corrected chi connectivity index (χ1v) is 9.73. The van der Waals surface area contributed by atoms with Crippen molar-refractivity contribution in [3.63, 3.8) is 0 Å². The predicted octanol–water partition coefficient (Wildman–Crippen LogP) is 2.01. The largest absolute Gasteiger partial charge is 0.442 e. The van der Waals surface area contributed by atoms with Gasteiger partial charge in [-0.15, -0.1) is 0 Å². The SMILES string of the molecule is CC(=O)NC[C@H]1CN(c2ccc3c(c2)CCCN(C(=O)NC(C)C)C3)C(=O)O1. The van der Waals surface area contributed by atoms with Crippen LogP contribution in [0.3, 0.4) is 0 Å². The zero-order valence-corrected chi connectivity index (χ0v) is 16.7. The number of ether oxygens (including phenoxy) is 1. The molecule has 0 aromatic heterocycles. The van der Waals surface area contributed by atoms with Crippen LogP contribution in [0.15, 0.2) is 18.2 Å². The van der Waals surface area contributed by atoms with E-state index in [1.807, 2.05) is 36.9 Å². The standard InChI is InChI=1S/C20H28N4O4/c1-13(2)22-19(26)23-8-4-5-15-9-17(7-6-16(15)11-23)24-12-18(28-20(24)27)10-21-14(3)25/h6-7,9,13,18H,4-5,8,10-12H2,1-3H3,(H,21,25)(H,22,26)/t18-/m0/s1. The molecule has 1 aromatic rings. The Morgan fingerprint density at radius 3 is 2.79 bits per heavy atom. The zero-order valence-electron chi connectivity index (χ0n) is 16.7. The number of hydrogen-bond donors (Lipinski definition) is 2. The molecule has 152 valence electrons. The highest BCUT2D eigenvalue weighted by atomic mass is 16.6. The molecular formula is C20H28N4O4. The van der Waals surface area contributed by atoms with Gasteiger partial charge in [0.15, 0.2) is 0 Å². The van der Waals surface area contributed by atoms with Gasteiger partial charge in [-0.1, -0.05) is 6.07 Å². The molecule has 1 fully saturated rings. The Kier molecular flexibility index (Phi) is 6.06. The van der Waals surface area contributed by atoms with E-state index in [-0.39, 0.29) is 24.1 Å². The molecule has 0 saturated carbocycles. The second-order valence-electron chi connectivity index (χ2n) is 7.64. The van der Waals surface area contributed by atoms with Gasteiger partial charge in [0.25, 0.3) is 0 Å². The predicted molar refractivity (Wildman–Crippen MR) is 105 cm³/mol. The molecule has 8 nitrogen and oxygen atoms in total. The summed E-state index contributed by atoms with van der Waals surface area (Å²) in [7, 11) is 0. The number of hydrogen-bond acceptors (Lipinski definition) is 4. The zero-order chi connectivity index (χ0) is 20.3. The number of fused-ring (bicyclic) bond motifs is 1. The molecule has 8 heteroatoms. The molecule has 2 N–H and O–H groups in total. The van der Waals surface area contributed by atoms with Crippen LogP contribution in [0, 0.1) is 0 Å². The fourth-order valence-electron chi connectivity index (χ4n) is 3.52. The Morgan fingerprint density at radius 2 is 2.07 bits per heavy atom. The molecular weight excluding hydrogens is 360 g/mol. The fourth-order valence-corrected chi connectivity index (χ4v) is 3.52. The lowest BCUT2D eigenvalue weighted by Crippen LogP contribution is -2.42. The first-order chi connectivity index (χ1) is 13.3. The molecule has 4 amide bonds. The van der Waals surface area contributed by atoms with Gasteiger partial charge in [0.2, 0.25) is 5.91 Å². The molecule has 2 heterocycles. The maximum atomic E-state index is 12.4. The summed E-state index contributed by atoms with van der Waals surface area (Å²) in [6, 6.07) is 5.95. The number of anilines is 1. The van der Waals surface area contributed by atoms with Crippen molar-refractivity contribution in [2.45, 2.75) is 52.3 Å². The molecule has 1 atom stereocenters. The number of carbonyl (C=O) groups is 3. The van der Waals surface area contributed by atoms with Gasteiger partial charge in [-0.25, -0.2) is 9.59 Å². The minimum Gasteiger partial charge on any atom is -0.442 e. The Morgan fingerprint density at radius 1 is 1.29 bits per heavy atom. The topological polar surface area (TPSA) is 91.0 Å². The van der Waals surface area contributed by atoms with Crippen molar-refractivity contribution in [1.29, 1.82) is 0 Å². The first kappa shape index (κ1) is 20.0. The van der Waals surface area contributed by atoms with E-state index in [0.717, 1.165) is 29.7 Å². The number of nitrogens with zero attached hydrogens (tertiary/aromatic N) is 2. The molecule has 0 aliphatic carbocycles. The molecule has 0 radical (unpaired) electrons. The minimum atomic E-state index is -0.401. The summed E-state index contributed by atoms with van der Waals surface area (Å²) in [4.78, 5) is 39.1. The van der Waals surface area contributed by atoms with Gasteiger partial charge in [0, 0.05) is 31.7 Å². The number of carbonyl (C=O) groups excluding carboxylic acids is 3. The number of benzene rings is 1. The van der Waals surface area contributed by atoms with E-state index in [2.05, 4.69) is 10.6 Å². The fraction of sp³-hybridized carbons (Fsp3) is 0.550. The highest BCUT2D eigenvalue weighted by Crippen LogP contribution is 2.27. The van der Waals surface area contributed by atoms with Crippen LogP contribution in [-0.2, 0) is 22.5 Å². The van der Waals surface area contributed by atoms with E-state index >= 15 is 0 Å². The quantitative estimate of drug-likeness (QED) is 0.826. The summed E-state index contributed by atoms with van der Waals surface area (Å²) in [6.45, 7) is 7.31. The monoisotopic (exact) mass is 388 g/mol. The lowest BCUT2D eigenvalue weighted by atomic mass is 10.0. The average molecular weight is 388 g/mol. The summed E-state index contributed by atoms with van der Waals surface area (Å²) < 4.78 is 5.34. The number of urea groups is 1. The number of rotatable bonds is 4. The van der Waals surface area contributed by atoms with E-state index in [0.29, 0.717) is 26.2 Å². The summed E-state index contributed by atoms with van der Waals surface area (Å²) >= 11 is 0. The molecule has 28 heavy (non-hydrogen) atoms. The third-order valence-corrected chi connectivity index (χ3v) is 4.89. The highest BCUT2D eigenvalue weighted by Gasteiger charge is 2.33. The minimum absolute atomic E-state index is 0.0455. The van der Waals surface area contributed by atoms with E-state index in [1.54, 1.807) is 4.90 Å². The van der Waals surface area contributed by atoms with E-state index < -0.39 is 6.09 Å². The average Bonchev–Trinajstić information content (AvgIpc) is 2.86. The van der Waals surface area contributed by atoms with Crippen molar-refractivity contribution in [3.05, 3.63) is 29.3 Å². The molecule has 0 spiro atoms. The van der Waals surface area contributed by atoms with Gasteiger partial charge in [0.05, 0.1) is 13.1 Å². The van der Waals surface area contributed by atoms with Crippen LogP contribution in [0.4, 0.5) is 15.3 Å². The van der Waals surface area contributed by atoms with Gasteiger partial charge in [-0.3, -0.25) is 9.69 Å². The molecule has 2 aliphatic rings. The summed E-state index contributed by atoms with van der Waals surface area (Å²) in [5.74, 6) is -0.148. The van der Waals surface area contributed by atoms with Crippen molar-refractivity contribution in [2.75, 3.05) is 24.5 Å². The summed E-state index contributed by atoms with van der Waals surface area (Å²) in [5, 5.41) is 5.63. The summed E-state index contributed by atoms with van der Waals surface area (Å²) in [5.41, 5.74) is 3.03. The second-order valence-corrected chi connectivity index (χ2v) is 7.64. The van der Waals surface area contributed by atoms with E-state index in [4.69, 9.17) is 4.74 Å². The van der Waals surface area contributed by atoms with Crippen LogP contribution in [0.25, 0.3) is 0 Å². The third kappa shape index (κ3) is 4.74. The summed E-state index contributed by atoms with van der Waals surface area (Å²) in [6.07, 6.45) is 0.969. The van der Waals surface area contributed by atoms with E-state index in [1.165, 1.54) is 6.92 Å². The van der Waals surface area contributed by atoms with Crippen LogP contribution in [0.1, 0.15) is 38.3 Å². The van der Waals surface area contributed by atoms with Gasteiger partial charge in [0.1, 0.15) is 6.10 Å². The molecule has 1 saturated heterocycles. The maximum Gasteiger partial charge on any atom is 0.414 e. The number of cyclic esters (lactones) is 1. The highest BCUT2D eigenvalue weighted by molar-refractivity contribution is 5.90. The number of aryl methyl sites for hydroxylation is 1. The van der Waals surface area contributed by atoms with Gasteiger partial charge in [-0.05, 0) is 49.9 Å². The van der Waals surface area contributed by atoms with Crippen LogP contribution in [-0.4, -0.2) is 54.7 Å². The van der Waals surface area contributed by atoms with Crippen molar-refractivity contribution in [1.82, 2.24) is 15.5 Å². The van der Waals surface area contributed by atoms with E-state index in [9.17, 15) is 14.4 Å². The number of amides is 4. The smallest absolute Gasteiger partial charge is 0.414 e. The van der Waals surface area contributed by atoms with Gasteiger partial charge in [-0.2, -0.15) is 0 Å². The second kappa shape index (κ2) is 8.50. The first-order valence-electron chi connectivity index (χ1n) is 9.73. The molecule has 3 rings (SSSR count). The van der Waals surface area contributed by atoms with Gasteiger partial charge >= 0.3 is 12.1 Å². The number of nitrogens with one attached hydrogen (secondary N) is 2. The van der Waals surface area contributed by atoms with Crippen LogP contribution >= 0.6 is 0 Å². The van der Waals surface area contributed by atoms with Gasteiger partial charge < -0.3 is 20.3 Å². The maximum absolute atomic E-state index is 12.4. The molecule has 0 bridgehead atoms. The van der Waals surface area contributed by atoms with Crippen LogP contribution in [0.2, 0.25) is 0 Å². The third-order valence-electron chi connectivity index (χ3n) is 4.89. The van der Waals surface area contributed by atoms with Crippen molar-refractivity contribution >= 4 is 23.7 Å². The normalized spacial score (nSPS) is 19.1. The molecule has 2 aliphatic heterocycles. The lowest BCUT2D eigenvalue weighted by Gasteiger charge is -2.23. The Balaban J connectivity index is 1.70. The van der Waals surface area contributed by atoms with Crippen molar-refractivity contribution < 1.29 is 19.1 Å². The Bertz CT molecular complexity index is 765. The Labute approximate surface area is 165 Å². The Hall–Kier alpha value is -2.77. The molecule has 0 unspecified atom stereocenters. The lowest BCUT2D eigenvalue weighted by molar-refractivity contribution is -0.119.